The number of ketones is 1. The van der Waals surface area contributed by atoms with Crippen LogP contribution in [-0.4, -0.2) is 12.9 Å². The van der Waals surface area contributed by atoms with Gasteiger partial charge in [-0.05, 0) is 36.1 Å². The number of hydrogen-bond acceptors (Lipinski definition) is 2. The monoisotopic (exact) mass is 228 g/mol. The van der Waals surface area contributed by atoms with Crippen LogP contribution in [0, 0.1) is 0 Å². The summed E-state index contributed by atoms with van der Waals surface area (Å²) in [6.45, 7) is 0. The van der Waals surface area contributed by atoms with E-state index in [1.54, 1.807) is 7.11 Å². The molecule has 17 heavy (non-hydrogen) atoms. The van der Waals surface area contributed by atoms with E-state index >= 15 is 0 Å². The highest BCUT2D eigenvalue weighted by Crippen LogP contribution is 2.41. The molecule has 2 nitrogen and oxygen atoms in total. The quantitative estimate of drug-likeness (QED) is 0.691. The predicted octanol–water partition coefficient (Wildman–Crippen LogP) is 3.01. The first-order valence-electron chi connectivity index (χ1n) is 6.15. The second kappa shape index (κ2) is 4.02. The smallest absolute Gasteiger partial charge is 0.137 e. The van der Waals surface area contributed by atoms with Crippen LogP contribution in [0.2, 0.25) is 0 Å². The van der Waals surface area contributed by atoms with E-state index in [0.717, 1.165) is 18.6 Å². The second-order valence-electron chi connectivity index (χ2n) is 4.84. The van der Waals surface area contributed by atoms with Crippen LogP contribution in [0.15, 0.2) is 29.8 Å². The third kappa shape index (κ3) is 1.78. The molecule has 0 fully saturated rings. The maximum absolute atomic E-state index is 11.6. The van der Waals surface area contributed by atoms with Gasteiger partial charge < -0.3 is 4.74 Å². The zero-order valence-corrected chi connectivity index (χ0v) is 10.0. The van der Waals surface area contributed by atoms with Gasteiger partial charge in [-0.15, -0.1) is 0 Å². The first-order chi connectivity index (χ1) is 8.28. The number of hydrogen-bond donors (Lipinski definition) is 0. The molecule has 2 heteroatoms. The molecule has 0 aliphatic heterocycles. The van der Waals surface area contributed by atoms with Crippen molar-refractivity contribution in [3.63, 3.8) is 0 Å². The Morgan fingerprint density at radius 3 is 3.00 bits per heavy atom. The molecule has 1 aromatic carbocycles. The lowest BCUT2D eigenvalue weighted by atomic mass is 9.73. The van der Waals surface area contributed by atoms with Crippen LogP contribution in [0.3, 0.4) is 0 Å². The van der Waals surface area contributed by atoms with E-state index in [1.165, 1.54) is 16.7 Å². The lowest BCUT2D eigenvalue weighted by molar-refractivity contribution is -0.118. The SMILES string of the molecule is COc1ccc2c(c1)CCC1=CCC(=O)C[C@@H]12. The number of carbonyl (C=O) groups excluding carboxylic acids is 1. The number of methoxy groups -OCH3 is 1. The van der Waals surface area contributed by atoms with Crippen molar-refractivity contribution < 1.29 is 9.53 Å². The minimum absolute atomic E-state index is 0.339. The average Bonchev–Trinajstić information content (AvgIpc) is 2.37. The predicted molar refractivity (Wildman–Crippen MR) is 66.4 cm³/mol. The molecule has 0 amide bonds. The van der Waals surface area contributed by atoms with Crippen molar-refractivity contribution in [1.29, 1.82) is 0 Å². The maximum Gasteiger partial charge on any atom is 0.137 e. The van der Waals surface area contributed by atoms with Crippen LogP contribution in [0.25, 0.3) is 0 Å². The molecule has 0 unspecified atom stereocenters. The fourth-order valence-corrected chi connectivity index (χ4v) is 2.96. The van der Waals surface area contributed by atoms with Gasteiger partial charge in [-0.2, -0.15) is 0 Å². The largest absolute Gasteiger partial charge is 0.497 e. The van der Waals surface area contributed by atoms with Crippen molar-refractivity contribution in [3.8, 4) is 5.75 Å². The average molecular weight is 228 g/mol. The Morgan fingerprint density at radius 1 is 1.29 bits per heavy atom. The molecule has 1 aromatic rings. The molecular formula is C15H16O2. The Morgan fingerprint density at radius 2 is 2.18 bits per heavy atom. The van der Waals surface area contributed by atoms with E-state index in [9.17, 15) is 4.79 Å². The third-order valence-corrected chi connectivity index (χ3v) is 3.88. The van der Waals surface area contributed by atoms with E-state index < -0.39 is 0 Å². The summed E-state index contributed by atoms with van der Waals surface area (Å²) in [6.07, 6.45) is 5.63. The fourth-order valence-electron chi connectivity index (χ4n) is 2.96. The molecule has 0 saturated carbocycles. The molecule has 0 bridgehead atoms. The van der Waals surface area contributed by atoms with Crippen LogP contribution in [0.5, 0.6) is 5.75 Å². The van der Waals surface area contributed by atoms with Gasteiger partial charge >= 0.3 is 0 Å². The zero-order valence-electron chi connectivity index (χ0n) is 10.0. The first kappa shape index (κ1) is 10.6. The number of ether oxygens (including phenoxy) is 1. The number of aryl methyl sites for hydroxylation is 1. The second-order valence-corrected chi connectivity index (χ2v) is 4.84. The topological polar surface area (TPSA) is 26.3 Å². The van der Waals surface area contributed by atoms with Gasteiger partial charge in [0.05, 0.1) is 7.11 Å². The first-order valence-corrected chi connectivity index (χ1v) is 6.15. The summed E-state index contributed by atoms with van der Waals surface area (Å²) in [7, 11) is 1.69. The zero-order chi connectivity index (χ0) is 11.8. The lowest BCUT2D eigenvalue weighted by Gasteiger charge is -2.31. The standard InChI is InChI=1S/C15H16O2/c1-17-13-6-7-14-11(8-13)3-2-10-4-5-12(16)9-15(10)14/h4,6-8,15H,2-3,5,9H2,1H3/t15-/m0/s1. The Labute approximate surface area is 101 Å². The maximum atomic E-state index is 11.6. The highest BCUT2D eigenvalue weighted by Gasteiger charge is 2.29. The third-order valence-electron chi connectivity index (χ3n) is 3.88. The van der Waals surface area contributed by atoms with Gasteiger partial charge in [0, 0.05) is 18.8 Å². The summed E-state index contributed by atoms with van der Waals surface area (Å²) in [5.41, 5.74) is 4.14. The molecule has 0 radical (unpaired) electrons. The molecule has 0 heterocycles. The van der Waals surface area contributed by atoms with Crippen LogP contribution in [0.4, 0.5) is 0 Å². The van der Waals surface area contributed by atoms with Gasteiger partial charge in [0.2, 0.25) is 0 Å². The molecule has 1 atom stereocenters. The number of carbonyl (C=O) groups is 1. The molecule has 88 valence electrons. The number of benzene rings is 1. The summed E-state index contributed by atoms with van der Waals surface area (Å²) < 4.78 is 5.26. The van der Waals surface area contributed by atoms with Crippen molar-refractivity contribution in [1.82, 2.24) is 0 Å². The molecule has 0 spiro atoms. The van der Waals surface area contributed by atoms with Gasteiger partial charge in [-0.3, -0.25) is 4.79 Å². The number of fused-ring (bicyclic) bond motifs is 3. The van der Waals surface area contributed by atoms with Crippen molar-refractivity contribution in [2.24, 2.45) is 0 Å². The number of allylic oxidation sites excluding steroid dienone is 2. The summed E-state index contributed by atoms with van der Waals surface area (Å²) in [5.74, 6) is 1.62. The minimum Gasteiger partial charge on any atom is -0.497 e. The van der Waals surface area contributed by atoms with Crippen LogP contribution in [0.1, 0.15) is 36.3 Å². The van der Waals surface area contributed by atoms with Gasteiger partial charge in [-0.25, -0.2) is 0 Å². The van der Waals surface area contributed by atoms with Gasteiger partial charge in [0.1, 0.15) is 11.5 Å². The van der Waals surface area contributed by atoms with E-state index in [0.29, 0.717) is 24.5 Å². The Kier molecular flexibility index (Phi) is 2.50. The van der Waals surface area contributed by atoms with E-state index in [-0.39, 0.29) is 0 Å². The minimum atomic E-state index is 0.339. The van der Waals surface area contributed by atoms with Gasteiger partial charge in [0.25, 0.3) is 0 Å². The van der Waals surface area contributed by atoms with Gasteiger partial charge in [-0.1, -0.05) is 17.7 Å². The summed E-state index contributed by atoms with van der Waals surface area (Å²) in [5, 5.41) is 0. The Balaban J connectivity index is 2.04. The fraction of sp³-hybridized carbons (Fsp3) is 0.400. The van der Waals surface area contributed by atoms with Crippen LogP contribution >= 0.6 is 0 Å². The highest BCUT2D eigenvalue weighted by atomic mass is 16.5. The summed E-state index contributed by atoms with van der Waals surface area (Å²) >= 11 is 0. The number of Topliss-reactive ketones (excluding diaryl/α,β-unsaturated/α-hetero) is 1. The molecule has 0 saturated heterocycles. The van der Waals surface area contributed by atoms with E-state index in [2.05, 4.69) is 18.2 Å². The molecule has 0 aromatic heterocycles. The van der Waals surface area contributed by atoms with Crippen molar-refractivity contribution in [3.05, 3.63) is 41.0 Å². The molecule has 3 rings (SSSR count). The molecule has 2 aliphatic rings. The summed E-state index contributed by atoms with van der Waals surface area (Å²) in [4.78, 5) is 11.6. The summed E-state index contributed by atoms with van der Waals surface area (Å²) in [6, 6.07) is 6.25. The Bertz CT molecular complexity index is 500. The van der Waals surface area contributed by atoms with E-state index in [4.69, 9.17) is 4.74 Å². The van der Waals surface area contributed by atoms with Crippen LogP contribution < -0.4 is 4.74 Å². The highest BCUT2D eigenvalue weighted by molar-refractivity contribution is 5.83. The molecular weight excluding hydrogens is 212 g/mol. The van der Waals surface area contributed by atoms with Crippen molar-refractivity contribution in [2.75, 3.05) is 7.11 Å². The normalized spacial score (nSPS) is 22.5. The lowest BCUT2D eigenvalue weighted by Crippen LogP contribution is -2.19. The Hall–Kier alpha value is -1.57. The molecule has 2 aliphatic carbocycles. The van der Waals surface area contributed by atoms with Crippen LogP contribution in [-0.2, 0) is 11.2 Å². The number of rotatable bonds is 1. The van der Waals surface area contributed by atoms with Crippen molar-refractivity contribution >= 4 is 5.78 Å². The van der Waals surface area contributed by atoms with E-state index in [1.807, 2.05) is 6.07 Å². The molecule has 0 N–H and O–H groups in total. The van der Waals surface area contributed by atoms with Crippen molar-refractivity contribution in [2.45, 2.75) is 31.6 Å². The van der Waals surface area contributed by atoms with Gasteiger partial charge in [0.15, 0.2) is 0 Å².